The van der Waals surface area contributed by atoms with Crippen LogP contribution in [0.1, 0.15) is 31.6 Å². The van der Waals surface area contributed by atoms with E-state index in [0.29, 0.717) is 47.8 Å². The molecule has 0 saturated carbocycles. The number of para-hydroxylation sites is 1. The van der Waals surface area contributed by atoms with Gasteiger partial charge < -0.3 is 28.6 Å². The molecule has 1 amide bonds. The zero-order valence-electron chi connectivity index (χ0n) is 25.1. The molecule has 0 radical (unpaired) electrons. The zero-order valence-corrected chi connectivity index (χ0v) is 26.7. The van der Waals surface area contributed by atoms with E-state index in [4.69, 9.17) is 30.0 Å². The summed E-state index contributed by atoms with van der Waals surface area (Å²) in [5.74, 6) is 0.504. The molecule has 4 aromatic rings. The van der Waals surface area contributed by atoms with E-state index in [1.54, 1.807) is 26.0 Å². The van der Waals surface area contributed by atoms with Gasteiger partial charge in [-0.15, -0.1) is 0 Å². The van der Waals surface area contributed by atoms with Gasteiger partial charge in [-0.2, -0.15) is 4.98 Å². The van der Waals surface area contributed by atoms with Crippen LogP contribution in [0.25, 0.3) is 11.3 Å². The third-order valence-electron chi connectivity index (χ3n) is 7.32. The first-order chi connectivity index (χ1) is 21.4. The summed E-state index contributed by atoms with van der Waals surface area (Å²) in [6, 6.07) is 25.6. The van der Waals surface area contributed by atoms with E-state index in [2.05, 4.69) is 39.4 Å². The van der Waals surface area contributed by atoms with Crippen molar-refractivity contribution in [3.63, 3.8) is 0 Å². The summed E-state index contributed by atoms with van der Waals surface area (Å²) in [5, 5.41) is 3.58. The van der Waals surface area contributed by atoms with Crippen molar-refractivity contribution in [2.24, 2.45) is 0 Å². The summed E-state index contributed by atoms with van der Waals surface area (Å²) in [5.41, 5.74) is 4.26. The standard InChI is InChI=1S/C33H38ClN4O5P/c1-3-41-44(40,42-4-2)24-25-10-16-28(17-11-25)35-31(39)19-18-30-32(26-12-14-27(34)15-13-26)36-33(43-30)38-22-20-37(21-23-38)29-8-6-5-7-9-29/h5-17H,3-4,18-24H2,1-2H3,(H,35,39). The molecule has 44 heavy (non-hydrogen) atoms. The summed E-state index contributed by atoms with van der Waals surface area (Å²) < 4.78 is 29.9. The molecule has 0 bridgehead atoms. The van der Waals surface area contributed by atoms with E-state index in [9.17, 15) is 9.36 Å². The summed E-state index contributed by atoms with van der Waals surface area (Å²) in [6.07, 6.45) is 0.763. The van der Waals surface area contributed by atoms with Gasteiger partial charge in [0.1, 0.15) is 11.5 Å². The predicted molar refractivity (Wildman–Crippen MR) is 176 cm³/mol. The molecule has 3 aromatic carbocycles. The number of anilines is 3. The molecule has 11 heteroatoms. The summed E-state index contributed by atoms with van der Waals surface area (Å²) in [7, 11) is -3.20. The number of oxazole rings is 1. The Hall–Kier alpha value is -3.62. The second-order valence-electron chi connectivity index (χ2n) is 10.4. The SMILES string of the molecule is CCOP(=O)(Cc1ccc(NC(=O)CCc2oc(N3CCN(c4ccccc4)CC3)nc2-c2ccc(Cl)cc2)cc1)OCC. The van der Waals surface area contributed by atoms with Crippen LogP contribution in [0.2, 0.25) is 5.02 Å². The van der Waals surface area contributed by atoms with Crippen LogP contribution in [0.15, 0.2) is 83.3 Å². The highest BCUT2D eigenvalue weighted by atomic mass is 35.5. The monoisotopic (exact) mass is 636 g/mol. The third-order valence-corrected chi connectivity index (χ3v) is 9.63. The van der Waals surface area contributed by atoms with Crippen molar-refractivity contribution in [1.29, 1.82) is 0 Å². The molecule has 232 valence electrons. The van der Waals surface area contributed by atoms with Crippen molar-refractivity contribution in [2.45, 2.75) is 32.9 Å². The number of hydrogen-bond acceptors (Lipinski definition) is 8. The molecule has 0 aliphatic carbocycles. The summed E-state index contributed by atoms with van der Waals surface area (Å²) in [6.45, 7) is 7.45. The number of aromatic nitrogens is 1. The predicted octanol–water partition coefficient (Wildman–Crippen LogP) is 7.66. The Kier molecular flexibility index (Phi) is 10.8. The molecule has 2 heterocycles. The van der Waals surface area contributed by atoms with Crippen molar-refractivity contribution >= 4 is 42.5 Å². The minimum Gasteiger partial charge on any atom is -0.428 e. The fraction of sp³-hybridized carbons (Fsp3) is 0.333. The van der Waals surface area contributed by atoms with Crippen molar-refractivity contribution in [3.8, 4) is 11.3 Å². The van der Waals surface area contributed by atoms with Gasteiger partial charge in [0.15, 0.2) is 0 Å². The summed E-state index contributed by atoms with van der Waals surface area (Å²) in [4.78, 5) is 22.3. The Bertz CT molecular complexity index is 1550. The first kappa shape index (κ1) is 31.8. The van der Waals surface area contributed by atoms with E-state index < -0.39 is 7.60 Å². The Morgan fingerprint density at radius 2 is 1.55 bits per heavy atom. The molecular formula is C33H38ClN4O5P. The normalized spacial score (nSPS) is 13.7. The molecule has 1 fully saturated rings. The fourth-order valence-electron chi connectivity index (χ4n) is 5.16. The molecule has 0 unspecified atom stereocenters. The maximum Gasteiger partial charge on any atom is 0.335 e. The van der Waals surface area contributed by atoms with Gasteiger partial charge in [-0.25, -0.2) is 0 Å². The minimum atomic E-state index is -3.20. The van der Waals surface area contributed by atoms with E-state index in [1.165, 1.54) is 5.69 Å². The Morgan fingerprint density at radius 3 is 2.18 bits per heavy atom. The van der Waals surface area contributed by atoms with Crippen molar-refractivity contribution in [3.05, 3.63) is 95.2 Å². The number of nitrogens with one attached hydrogen (secondary N) is 1. The average Bonchev–Trinajstić information content (AvgIpc) is 3.46. The van der Waals surface area contributed by atoms with Crippen molar-refractivity contribution in [1.82, 2.24) is 4.98 Å². The maximum atomic E-state index is 13.0. The van der Waals surface area contributed by atoms with Crippen molar-refractivity contribution < 1.29 is 22.8 Å². The number of aryl methyl sites for hydroxylation is 1. The second-order valence-corrected chi connectivity index (χ2v) is 12.9. The van der Waals surface area contributed by atoms with Crippen molar-refractivity contribution in [2.75, 3.05) is 54.5 Å². The van der Waals surface area contributed by atoms with E-state index in [1.807, 2.05) is 42.5 Å². The number of carbonyl (C=O) groups is 1. The number of halogens is 1. The smallest absolute Gasteiger partial charge is 0.335 e. The van der Waals surface area contributed by atoms with Gasteiger partial charge >= 0.3 is 7.60 Å². The third kappa shape index (κ3) is 8.30. The largest absolute Gasteiger partial charge is 0.428 e. The number of amides is 1. The number of benzene rings is 3. The lowest BCUT2D eigenvalue weighted by molar-refractivity contribution is -0.116. The maximum absolute atomic E-state index is 13.0. The molecule has 5 rings (SSSR count). The molecule has 1 aliphatic rings. The Balaban J connectivity index is 1.23. The molecular weight excluding hydrogens is 599 g/mol. The number of carbonyl (C=O) groups excluding carboxylic acids is 1. The molecule has 1 aromatic heterocycles. The number of piperazine rings is 1. The Labute approximate surface area is 263 Å². The molecule has 0 spiro atoms. The van der Waals surface area contributed by atoms with Crippen LogP contribution in [0, 0.1) is 0 Å². The number of nitrogens with zero attached hydrogens (tertiary/aromatic N) is 3. The van der Waals surface area contributed by atoms with Gasteiger partial charge in [0.2, 0.25) is 5.91 Å². The van der Waals surface area contributed by atoms with Crippen LogP contribution < -0.4 is 15.1 Å². The quantitative estimate of drug-likeness (QED) is 0.149. The first-order valence-electron chi connectivity index (χ1n) is 14.9. The molecule has 1 N–H and O–H groups in total. The lowest BCUT2D eigenvalue weighted by Crippen LogP contribution is -2.46. The highest BCUT2D eigenvalue weighted by Gasteiger charge is 2.25. The second kappa shape index (κ2) is 14.9. The topological polar surface area (TPSA) is 97.1 Å². The van der Waals surface area contributed by atoms with Crippen LogP contribution in [-0.4, -0.2) is 50.3 Å². The zero-order chi connectivity index (χ0) is 30.9. The molecule has 0 atom stereocenters. The number of hydrogen-bond donors (Lipinski definition) is 1. The molecule has 9 nitrogen and oxygen atoms in total. The lowest BCUT2D eigenvalue weighted by atomic mass is 10.1. The van der Waals surface area contributed by atoms with Crippen LogP contribution in [0.5, 0.6) is 0 Å². The van der Waals surface area contributed by atoms with Gasteiger partial charge in [-0.05, 0) is 55.8 Å². The number of rotatable bonds is 13. The van der Waals surface area contributed by atoms with Crippen LogP contribution >= 0.6 is 19.2 Å². The van der Waals surface area contributed by atoms with Gasteiger partial charge in [0.25, 0.3) is 6.01 Å². The fourth-order valence-corrected chi connectivity index (χ4v) is 6.99. The van der Waals surface area contributed by atoms with Gasteiger partial charge in [0, 0.05) is 61.0 Å². The Morgan fingerprint density at radius 1 is 0.909 bits per heavy atom. The minimum absolute atomic E-state index is 0.150. The molecule has 1 aliphatic heterocycles. The van der Waals surface area contributed by atoms with E-state index >= 15 is 0 Å². The van der Waals surface area contributed by atoms with Gasteiger partial charge in [0.05, 0.1) is 19.4 Å². The highest BCUT2D eigenvalue weighted by molar-refractivity contribution is 7.53. The lowest BCUT2D eigenvalue weighted by Gasteiger charge is -2.35. The van der Waals surface area contributed by atoms with E-state index in [0.717, 1.165) is 37.3 Å². The van der Waals surface area contributed by atoms with Crippen LogP contribution in [0.3, 0.4) is 0 Å². The molecule has 1 saturated heterocycles. The summed E-state index contributed by atoms with van der Waals surface area (Å²) >= 11 is 6.14. The van der Waals surface area contributed by atoms with Crippen LogP contribution in [0.4, 0.5) is 17.4 Å². The van der Waals surface area contributed by atoms with Crippen LogP contribution in [-0.2, 0) is 31.0 Å². The first-order valence-corrected chi connectivity index (χ1v) is 17.0. The average molecular weight is 637 g/mol. The van der Waals surface area contributed by atoms with Gasteiger partial charge in [-0.1, -0.05) is 54.1 Å². The van der Waals surface area contributed by atoms with Gasteiger partial charge in [-0.3, -0.25) is 9.36 Å². The van der Waals surface area contributed by atoms with E-state index in [-0.39, 0.29) is 18.5 Å². The highest BCUT2D eigenvalue weighted by Crippen LogP contribution is 2.51.